The summed E-state index contributed by atoms with van der Waals surface area (Å²) in [6, 6.07) is 14.9. The summed E-state index contributed by atoms with van der Waals surface area (Å²) < 4.78 is 0. The average Bonchev–Trinajstić information content (AvgIpc) is 2.61. The van der Waals surface area contributed by atoms with Gasteiger partial charge in [0.25, 0.3) is 5.91 Å². The van der Waals surface area contributed by atoms with Crippen LogP contribution in [0.15, 0.2) is 54.9 Å². The second kappa shape index (κ2) is 7.32. The molecule has 1 aromatic heterocycles. The number of halogens is 1. The predicted octanol–water partition coefficient (Wildman–Crippen LogP) is 4.74. The summed E-state index contributed by atoms with van der Waals surface area (Å²) in [6.07, 6.45) is 1.36. The summed E-state index contributed by atoms with van der Waals surface area (Å²) >= 11 is 6.08. The molecule has 0 bridgehead atoms. The summed E-state index contributed by atoms with van der Waals surface area (Å²) in [7, 11) is 0. The molecule has 0 aliphatic rings. The van der Waals surface area contributed by atoms with Crippen molar-refractivity contribution in [1.29, 1.82) is 0 Å². The molecule has 1 amide bonds. The molecular weight excluding hydrogens is 336 g/mol. The lowest BCUT2D eigenvalue weighted by atomic mass is 10.2. The lowest BCUT2D eigenvalue weighted by Crippen LogP contribution is -2.15. The van der Waals surface area contributed by atoms with Crippen molar-refractivity contribution in [3.63, 3.8) is 0 Å². The Balaban J connectivity index is 1.77. The topological polar surface area (TPSA) is 66.9 Å². The number of hydrogen-bond acceptors (Lipinski definition) is 4. The molecule has 0 saturated heterocycles. The molecule has 3 aromatic rings. The van der Waals surface area contributed by atoms with Gasteiger partial charge in [0.05, 0.1) is 0 Å². The van der Waals surface area contributed by atoms with Gasteiger partial charge in [-0.3, -0.25) is 4.79 Å². The molecule has 0 atom stereocenters. The lowest BCUT2D eigenvalue weighted by molar-refractivity contribution is 0.102. The molecule has 0 aliphatic carbocycles. The van der Waals surface area contributed by atoms with E-state index in [4.69, 9.17) is 11.6 Å². The molecular formula is C19H17ClN4O. The van der Waals surface area contributed by atoms with Crippen molar-refractivity contribution in [1.82, 2.24) is 9.97 Å². The second-order valence-electron chi connectivity index (χ2n) is 5.65. The van der Waals surface area contributed by atoms with Gasteiger partial charge in [-0.1, -0.05) is 35.4 Å². The van der Waals surface area contributed by atoms with E-state index in [1.165, 1.54) is 11.9 Å². The van der Waals surface area contributed by atoms with Gasteiger partial charge in [-0.2, -0.15) is 0 Å². The first kappa shape index (κ1) is 16.9. The van der Waals surface area contributed by atoms with Gasteiger partial charge in [-0.25, -0.2) is 9.97 Å². The maximum atomic E-state index is 12.5. The molecule has 6 heteroatoms. The zero-order valence-corrected chi connectivity index (χ0v) is 14.6. The van der Waals surface area contributed by atoms with Gasteiger partial charge >= 0.3 is 0 Å². The Morgan fingerprint density at radius 1 is 1.04 bits per heavy atom. The minimum absolute atomic E-state index is 0.268. The SMILES string of the molecule is Cc1ccc(Nc2cc(C(=O)Nc3cccc(Cl)c3C)ncn2)cc1. The Kier molecular flexibility index (Phi) is 4.95. The van der Waals surface area contributed by atoms with E-state index in [1.54, 1.807) is 24.3 Å². The van der Waals surface area contributed by atoms with E-state index in [-0.39, 0.29) is 11.6 Å². The molecule has 0 saturated carbocycles. The van der Waals surface area contributed by atoms with Gasteiger partial charge in [-0.15, -0.1) is 0 Å². The van der Waals surface area contributed by atoms with Crippen molar-refractivity contribution < 1.29 is 4.79 Å². The maximum absolute atomic E-state index is 12.5. The molecule has 25 heavy (non-hydrogen) atoms. The summed E-state index contributed by atoms with van der Waals surface area (Å²) in [4.78, 5) is 20.7. The zero-order valence-electron chi connectivity index (χ0n) is 13.9. The van der Waals surface area contributed by atoms with E-state index < -0.39 is 0 Å². The van der Waals surface area contributed by atoms with E-state index in [0.29, 0.717) is 16.5 Å². The summed E-state index contributed by atoms with van der Waals surface area (Å²) in [5, 5.41) is 6.58. The van der Waals surface area contributed by atoms with Crippen molar-refractivity contribution in [3.8, 4) is 0 Å². The van der Waals surface area contributed by atoms with Crippen LogP contribution < -0.4 is 10.6 Å². The summed E-state index contributed by atoms with van der Waals surface area (Å²) in [5.74, 6) is 0.228. The first-order valence-electron chi connectivity index (χ1n) is 7.75. The number of aryl methyl sites for hydroxylation is 1. The number of carbonyl (C=O) groups is 1. The number of benzene rings is 2. The highest BCUT2D eigenvalue weighted by molar-refractivity contribution is 6.31. The minimum Gasteiger partial charge on any atom is -0.340 e. The molecule has 0 fully saturated rings. The molecule has 0 unspecified atom stereocenters. The first-order chi connectivity index (χ1) is 12.0. The molecule has 1 heterocycles. The van der Waals surface area contributed by atoms with E-state index in [2.05, 4.69) is 20.6 Å². The zero-order chi connectivity index (χ0) is 17.8. The molecule has 5 nitrogen and oxygen atoms in total. The number of aromatic nitrogens is 2. The van der Waals surface area contributed by atoms with Gasteiger partial charge in [0.1, 0.15) is 17.8 Å². The molecule has 0 spiro atoms. The first-order valence-corrected chi connectivity index (χ1v) is 8.13. The highest BCUT2D eigenvalue weighted by Crippen LogP contribution is 2.23. The van der Waals surface area contributed by atoms with E-state index >= 15 is 0 Å². The number of hydrogen-bond donors (Lipinski definition) is 2. The van der Waals surface area contributed by atoms with Crippen LogP contribution in [-0.4, -0.2) is 15.9 Å². The highest BCUT2D eigenvalue weighted by Gasteiger charge is 2.11. The molecule has 2 N–H and O–H groups in total. The third kappa shape index (κ3) is 4.14. The fourth-order valence-electron chi connectivity index (χ4n) is 2.26. The quantitative estimate of drug-likeness (QED) is 0.711. The van der Waals surface area contributed by atoms with E-state index in [9.17, 15) is 4.79 Å². The number of amides is 1. The van der Waals surface area contributed by atoms with E-state index in [0.717, 1.165) is 11.3 Å². The van der Waals surface area contributed by atoms with Gasteiger partial charge < -0.3 is 10.6 Å². The van der Waals surface area contributed by atoms with Crippen LogP contribution in [-0.2, 0) is 0 Å². The van der Waals surface area contributed by atoms with Crippen LogP contribution >= 0.6 is 11.6 Å². The fourth-order valence-corrected chi connectivity index (χ4v) is 2.44. The monoisotopic (exact) mass is 352 g/mol. The standard InChI is InChI=1S/C19H17ClN4O/c1-12-6-8-14(9-7-12)23-18-10-17(21-11-22-18)19(25)24-16-5-3-4-15(20)13(16)2/h3-11H,1-2H3,(H,24,25)(H,21,22,23). The number of nitrogens with zero attached hydrogens (tertiary/aromatic N) is 2. The van der Waals surface area contributed by atoms with Crippen LogP contribution in [0.25, 0.3) is 0 Å². The van der Waals surface area contributed by atoms with Crippen molar-refractivity contribution in [2.75, 3.05) is 10.6 Å². The van der Waals surface area contributed by atoms with Crippen molar-refractivity contribution >= 4 is 34.7 Å². The Morgan fingerprint density at radius 2 is 1.80 bits per heavy atom. The maximum Gasteiger partial charge on any atom is 0.274 e. The number of anilines is 3. The second-order valence-corrected chi connectivity index (χ2v) is 6.05. The van der Waals surface area contributed by atoms with Crippen LogP contribution in [0.5, 0.6) is 0 Å². The Hall–Kier alpha value is -2.92. The predicted molar refractivity (Wildman–Crippen MR) is 101 cm³/mol. The minimum atomic E-state index is -0.320. The van der Waals surface area contributed by atoms with Crippen molar-refractivity contribution in [2.45, 2.75) is 13.8 Å². The molecule has 0 radical (unpaired) electrons. The largest absolute Gasteiger partial charge is 0.340 e. The summed E-state index contributed by atoms with van der Waals surface area (Å²) in [5.41, 5.74) is 3.80. The number of rotatable bonds is 4. The molecule has 126 valence electrons. The summed E-state index contributed by atoms with van der Waals surface area (Å²) in [6.45, 7) is 3.87. The Bertz CT molecular complexity index is 910. The third-order valence-electron chi connectivity index (χ3n) is 3.74. The van der Waals surface area contributed by atoms with Gasteiger partial charge in [0, 0.05) is 22.5 Å². The van der Waals surface area contributed by atoms with Crippen LogP contribution in [0.1, 0.15) is 21.6 Å². The van der Waals surface area contributed by atoms with Crippen molar-refractivity contribution in [3.05, 3.63) is 76.7 Å². The number of carbonyl (C=O) groups excluding carboxylic acids is 1. The smallest absolute Gasteiger partial charge is 0.274 e. The van der Waals surface area contributed by atoms with E-state index in [1.807, 2.05) is 38.1 Å². The Labute approximate surface area is 151 Å². The van der Waals surface area contributed by atoms with Crippen LogP contribution in [0, 0.1) is 13.8 Å². The van der Waals surface area contributed by atoms with Gasteiger partial charge in [-0.05, 0) is 43.7 Å². The van der Waals surface area contributed by atoms with Crippen molar-refractivity contribution in [2.24, 2.45) is 0 Å². The molecule has 3 rings (SSSR count). The fraction of sp³-hybridized carbons (Fsp3) is 0.105. The number of nitrogens with one attached hydrogen (secondary N) is 2. The molecule has 2 aromatic carbocycles. The van der Waals surface area contributed by atoms with Crippen LogP contribution in [0.3, 0.4) is 0 Å². The lowest BCUT2D eigenvalue weighted by Gasteiger charge is -2.10. The third-order valence-corrected chi connectivity index (χ3v) is 4.15. The average molecular weight is 353 g/mol. The van der Waals surface area contributed by atoms with Crippen LogP contribution in [0.2, 0.25) is 5.02 Å². The highest BCUT2D eigenvalue weighted by atomic mass is 35.5. The van der Waals surface area contributed by atoms with Gasteiger partial charge in [0.15, 0.2) is 0 Å². The van der Waals surface area contributed by atoms with Gasteiger partial charge in [0.2, 0.25) is 0 Å². The Morgan fingerprint density at radius 3 is 2.56 bits per heavy atom. The molecule has 0 aliphatic heterocycles. The van der Waals surface area contributed by atoms with Crippen LogP contribution in [0.4, 0.5) is 17.2 Å². The normalized spacial score (nSPS) is 10.4.